The highest BCUT2D eigenvalue weighted by Crippen LogP contribution is 2.41. The van der Waals surface area contributed by atoms with E-state index >= 15 is 0 Å². The largest absolute Gasteiger partial charge is 0.342 e. The van der Waals surface area contributed by atoms with Gasteiger partial charge in [0, 0.05) is 24.9 Å². The van der Waals surface area contributed by atoms with Crippen molar-refractivity contribution in [1.29, 1.82) is 0 Å². The first-order valence-electron chi connectivity index (χ1n) is 4.80. The number of rotatable bonds is 2. The molecule has 80 valence electrons. The highest BCUT2D eigenvalue weighted by molar-refractivity contribution is 8.01. The molecule has 0 aliphatic carbocycles. The fourth-order valence-electron chi connectivity index (χ4n) is 1.58. The summed E-state index contributed by atoms with van der Waals surface area (Å²) < 4.78 is 14.2. The van der Waals surface area contributed by atoms with Crippen LogP contribution in [0, 0.1) is 0 Å². The van der Waals surface area contributed by atoms with E-state index in [1.807, 2.05) is 30.3 Å². The number of carbonyl (C=O) groups excluding carboxylic acids is 1. The van der Waals surface area contributed by atoms with E-state index in [0.29, 0.717) is 6.54 Å². The molecule has 1 amide bonds. The number of thioether (sulfide) groups is 1. The summed E-state index contributed by atoms with van der Waals surface area (Å²) in [7, 11) is 1.63. The number of halogens is 1. The Balaban J connectivity index is 2.15. The first kappa shape index (κ1) is 10.5. The van der Waals surface area contributed by atoms with E-state index in [4.69, 9.17) is 0 Å². The van der Waals surface area contributed by atoms with Crippen LogP contribution in [0.1, 0.15) is 6.42 Å². The summed E-state index contributed by atoms with van der Waals surface area (Å²) >= 11 is 1.01. The second-order valence-electron chi connectivity index (χ2n) is 3.62. The summed E-state index contributed by atoms with van der Waals surface area (Å²) in [6.07, 6.45) is 0.266. The van der Waals surface area contributed by atoms with Crippen molar-refractivity contribution in [1.82, 2.24) is 4.90 Å². The number of hydrogen-bond donors (Lipinski definition) is 0. The highest BCUT2D eigenvalue weighted by atomic mass is 32.2. The molecule has 0 N–H and O–H groups in total. The zero-order valence-electron chi connectivity index (χ0n) is 8.44. The van der Waals surface area contributed by atoms with Gasteiger partial charge < -0.3 is 4.90 Å². The lowest BCUT2D eigenvalue weighted by Gasteiger charge is -2.16. The first-order chi connectivity index (χ1) is 7.12. The molecule has 1 aliphatic heterocycles. The third kappa shape index (κ3) is 2.00. The van der Waals surface area contributed by atoms with E-state index in [9.17, 15) is 9.18 Å². The van der Waals surface area contributed by atoms with Crippen LogP contribution in [0.15, 0.2) is 35.2 Å². The van der Waals surface area contributed by atoms with Crippen LogP contribution in [0.5, 0.6) is 0 Å². The molecule has 1 fully saturated rings. The second kappa shape index (κ2) is 3.85. The molecule has 0 radical (unpaired) electrons. The van der Waals surface area contributed by atoms with E-state index in [2.05, 4.69) is 0 Å². The Morgan fingerprint density at radius 1 is 1.40 bits per heavy atom. The Hall–Kier alpha value is -1.03. The van der Waals surface area contributed by atoms with Crippen LogP contribution in [-0.4, -0.2) is 29.4 Å². The van der Waals surface area contributed by atoms with Crippen LogP contribution in [0.25, 0.3) is 0 Å². The summed E-state index contributed by atoms with van der Waals surface area (Å²) in [5, 5.41) is -1.77. The summed E-state index contributed by atoms with van der Waals surface area (Å²) in [6.45, 7) is 0.495. The van der Waals surface area contributed by atoms with Crippen LogP contribution in [0.4, 0.5) is 4.39 Å². The lowest BCUT2D eigenvalue weighted by molar-refractivity contribution is -0.132. The summed E-state index contributed by atoms with van der Waals surface area (Å²) in [5.41, 5.74) is 0. The molecule has 1 aromatic carbocycles. The number of likely N-dealkylation sites (tertiary alicyclic amines) is 1. The van der Waals surface area contributed by atoms with Crippen molar-refractivity contribution in [2.24, 2.45) is 0 Å². The van der Waals surface area contributed by atoms with Gasteiger partial charge in [0.1, 0.15) is 0 Å². The van der Waals surface area contributed by atoms with Crippen LogP contribution in [0.3, 0.4) is 0 Å². The van der Waals surface area contributed by atoms with Gasteiger partial charge in [-0.05, 0) is 12.1 Å². The van der Waals surface area contributed by atoms with E-state index in [-0.39, 0.29) is 6.42 Å². The molecular formula is C11H12FNOS. The fourth-order valence-corrected chi connectivity index (χ4v) is 2.68. The normalized spacial score (nSPS) is 26.0. The molecule has 15 heavy (non-hydrogen) atoms. The molecular weight excluding hydrogens is 213 g/mol. The minimum absolute atomic E-state index is 0.266. The number of carbonyl (C=O) groups is 1. The Kier molecular flexibility index (Phi) is 2.69. The topological polar surface area (TPSA) is 20.3 Å². The molecule has 1 saturated heterocycles. The van der Waals surface area contributed by atoms with Gasteiger partial charge in [0.15, 0.2) is 0 Å². The summed E-state index contributed by atoms with van der Waals surface area (Å²) in [5.74, 6) is -0.420. The van der Waals surface area contributed by atoms with Crippen molar-refractivity contribution in [2.75, 3.05) is 13.6 Å². The predicted octanol–water partition coefficient (Wildman–Crippen LogP) is 2.31. The van der Waals surface area contributed by atoms with Gasteiger partial charge in [0.05, 0.1) is 0 Å². The average molecular weight is 225 g/mol. The monoisotopic (exact) mass is 225 g/mol. The van der Waals surface area contributed by atoms with E-state index in [0.717, 1.165) is 16.7 Å². The van der Waals surface area contributed by atoms with Gasteiger partial charge in [-0.2, -0.15) is 0 Å². The van der Waals surface area contributed by atoms with Crippen molar-refractivity contribution in [2.45, 2.75) is 16.3 Å². The minimum Gasteiger partial charge on any atom is -0.342 e. The fraction of sp³-hybridized carbons (Fsp3) is 0.364. The van der Waals surface area contributed by atoms with Crippen LogP contribution in [-0.2, 0) is 4.79 Å². The smallest absolute Gasteiger partial charge is 0.271 e. The van der Waals surface area contributed by atoms with Crippen molar-refractivity contribution in [3.05, 3.63) is 30.3 Å². The standard InChI is InChI=1S/C11H12FNOS/c1-13-8-7-11(12,10(13)14)15-9-5-3-2-4-6-9/h2-6H,7-8H2,1H3. The summed E-state index contributed by atoms with van der Waals surface area (Å²) in [6, 6.07) is 9.19. The number of hydrogen-bond acceptors (Lipinski definition) is 2. The quantitative estimate of drug-likeness (QED) is 0.769. The molecule has 0 spiro atoms. The molecule has 2 rings (SSSR count). The summed E-state index contributed by atoms with van der Waals surface area (Å²) in [4.78, 5) is 13.8. The molecule has 0 aromatic heterocycles. The predicted molar refractivity (Wildman–Crippen MR) is 58.4 cm³/mol. The maximum Gasteiger partial charge on any atom is 0.271 e. The van der Waals surface area contributed by atoms with Gasteiger partial charge in [-0.3, -0.25) is 4.79 Å². The molecule has 2 nitrogen and oxygen atoms in total. The molecule has 1 atom stereocenters. The molecule has 0 saturated carbocycles. The Morgan fingerprint density at radius 3 is 2.60 bits per heavy atom. The first-order valence-corrected chi connectivity index (χ1v) is 5.62. The lowest BCUT2D eigenvalue weighted by Crippen LogP contribution is -2.31. The van der Waals surface area contributed by atoms with Gasteiger partial charge in [0.25, 0.3) is 5.91 Å². The molecule has 1 aromatic rings. The maximum absolute atomic E-state index is 14.2. The van der Waals surface area contributed by atoms with Gasteiger partial charge in [-0.15, -0.1) is 0 Å². The zero-order chi connectivity index (χ0) is 10.9. The van der Waals surface area contributed by atoms with Crippen molar-refractivity contribution < 1.29 is 9.18 Å². The molecule has 4 heteroatoms. The number of benzene rings is 1. The number of nitrogens with zero attached hydrogens (tertiary/aromatic N) is 1. The average Bonchev–Trinajstić information content (AvgIpc) is 2.48. The molecule has 1 unspecified atom stereocenters. The van der Waals surface area contributed by atoms with E-state index in [1.165, 1.54) is 4.90 Å². The van der Waals surface area contributed by atoms with Crippen molar-refractivity contribution >= 4 is 17.7 Å². The van der Waals surface area contributed by atoms with E-state index < -0.39 is 10.9 Å². The Morgan fingerprint density at radius 2 is 2.07 bits per heavy atom. The van der Waals surface area contributed by atoms with Crippen molar-refractivity contribution in [3.63, 3.8) is 0 Å². The van der Waals surface area contributed by atoms with Crippen molar-refractivity contribution in [3.8, 4) is 0 Å². The lowest BCUT2D eigenvalue weighted by atomic mass is 10.3. The zero-order valence-corrected chi connectivity index (χ0v) is 9.26. The Bertz CT molecular complexity index is 370. The maximum atomic E-state index is 14.2. The van der Waals surface area contributed by atoms with Gasteiger partial charge >= 0.3 is 0 Å². The second-order valence-corrected chi connectivity index (χ2v) is 4.94. The molecule has 0 bridgehead atoms. The van der Waals surface area contributed by atoms with Gasteiger partial charge in [0.2, 0.25) is 5.00 Å². The van der Waals surface area contributed by atoms with E-state index in [1.54, 1.807) is 7.05 Å². The van der Waals surface area contributed by atoms with Gasteiger partial charge in [-0.25, -0.2) is 4.39 Å². The minimum atomic E-state index is -1.77. The molecule has 1 aliphatic rings. The highest BCUT2D eigenvalue weighted by Gasteiger charge is 2.46. The SMILES string of the molecule is CN1CCC(F)(Sc2ccccc2)C1=O. The van der Waals surface area contributed by atoms with Crippen LogP contribution >= 0.6 is 11.8 Å². The Labute approximate surface area is 92.5 Å². The number of alkyl halides is 1. The van der Waals surface area contributed by atoms with Crippen LogP contribution < -0.4 is 0 Å². The van der Waals surface area contributed by atoms with Gasteiger partial charge in [-0.1, -0.05) is 30.0 Å². The molecule has 1 heterocycles. The number of amides is 1. The third-order valence-electron chi connectivity index (χ3n) is 2.46. The van der Waals surface area contributed by atoms with Crippen LogP contribution in [0.2, 0.25) is 0 Å². The third-order valence-corrected chi connectivity index (χ3v) is 3.67.